The van der Waals surface area contributed by atoms with Gasteiger partial charge in [0.1, 0.15) is 4.90 Å². The van der Waals surface area contributed by atoms with Crippen LogP contribution in [0.2, 0.25) is 10.0 Å². The molecule has 1 amide bonds. The summed E-state index contributed by atoms with van der Waals surface area (Å²) in [5.41, 5.74) is 5.48. The van der Waals surface area contributed by atoms with Crippen molar-refractivity contribution in [1.29, 1.82) is 0 Å². The first-order valence-corrected chi connectivity index (χ1v) is 11.0. The Labute approximate surface area is 183 Å². The van der Waals surface area contributed by atoms with Crippen LogP contribution in [-0.4, -0.2) is 50.9 Å². The van der Waals surface area contributed by atoms with Crippen molar-refractivity contribution < 1.29 is 27.5 Å². The molecule has 2 N–H and O–H groups in total. The average molecular weight is 473 g/mol. The molecule has 1 fully saturated rings. The van der Waals surface area contributed by atoms with E-state index in [1.807, 2.05) is 0 Å². The van der Waals surface area contributed by atoms with E-state index >= 15 is 0 Å². The Hall–Kier alpha value is -2.17. The summed E-state index contributed by atoms with van der Waals surface area (Å²) in [6, 6.07) is 10.4. The Balaban J connectivity index is 1.95. The number of nitrogens with zero attached hydrogens (tertiary/aromatic N) is 1. The molecular formula is C19H18Cl2N2O6S. The van der Waals surface area contributed by atoms with E-state index in [0.29, 0.717) is 5.56 Å². The molecule has 0 aliphatic carbocycles. The summed E-state index contributed by atoms with van der Waals surface area (Å²) < 4.78 is 37.6. The molecule has 8 nitrogen and oxygen atoms in total. The number of amides is 1. The van der Waals surface area contributed by atoms with E-state index in [4.69, 9.17) is 38.4 Å². The lowest BCUT2D eigenvalue weighted by atomic mass is 10.1. The molecule has 1 saturated heterocycles. The molecule has 0 radical (unpaired) electrons. The topological polar surface area (TPSA) is 116 Å². The van der Waals surface area contributed by atoms with Crippen molar-refractivity contribution in [3.8, 4) is 0 Å². The lowest BCUT2D eigenvalue weighted by Gasteiger charge is -2.26. The van der Waals surface area contributed by atoms with Crippen molar-refractivity contribution >= 4 is 45.1 Å². The first kappa shape index (κ1) is 22.5. The zero-order valence-electron chi connectivity index (χ0n) is 15.6. The Morgan fingerprint density at radius 2 is 1.70 bits per heavy atom. The number of hydrogen-bond donors (Lipinski definition) is 1. The smallest absolute Gasteiger partial charge is 0.340 e. The van der Waals surface area contributed by atoms with Crippen LogP contribution in [0.15, 0.2) is 47.4 Å². The van der Waals surface area contributed by atoms with Gasteiger partial charge in [0.15, 0.2) is 0 Å². The minimum atomic E-state index is -4.00. The predicted molar refractivity (Wildman–Crippen MR) is 110 cm³/mol. The summed E-state index contributed by atoms with van der Waals surface area (Å²) in [6.07, 6.45) is -1.37. The molecule has 30 heavy (non-hydrogen) atoms. The van der Waals surface area contributed by atoms with Crippen molar-refractivity contribution in [2.75, 3.05) is 26.3 Å². The van der Waals surface area contributed by atoms with Crippen LogP contribution in [0.3, 0.4) is 0 Å². The first-order chi connectivity index (χ1) is 14.2. The summed E-state index contributed by atoms with van der Waals surface area (Å²) in [7, 11) is -4.00. The van der Waals surface area contributed by atoms with Crippen molar-refractivity contribution in [3.05, 3.63) is 63.6 Å². The van der Waals surface area contributed by atoms with Gasteiger partial charge in [-0.1, -0.05) is 53.5 Å². The molecule has 1 heterocycles. The number of ether oxygens (including phenoxy) is 2. The quantitative estimate of drug-likeness (QED) is 0.645. The molecular weight excluding hydrogens is 455 g/mol. The Morgan fingerprint density at radius 1 is 1.07 bits per heavy atom. The minimum absolute atomic E-state index is 0.123. The van der Waals surface area contributed by atoms with Gasteiger partial charge in [-0.25, -0.2) is 13.2 Å². The number of benzene rings is 2. The van der Waals surface area contributed by atoms with Gasteiger partial charge in [-0.2, -0.15) is 4.31 Å². The molecule has 160 valence electrons. The monoisotopic (exact) mass is 472 g/mol. The van der Waals surface area contributed by atoms with Crippen LogP contribution in [0.4, 0.5) is 0 Å². The van der Waals surface area contributed by atoms with Crippen LogP contribution in [0.1, 0.15) is 22.0 Å². The van der Waals surface area contributed by atoms with Crippen LogP contribution < -0.4 is 5.73 Å². The second-order valence-electron chi connectivity index (χ2n) is 6.38. The van der Waals surface area contributed by atoms with Crippen LogP contribution in [0.25, 0.3) is 0 Å². The number of carbonyl (C=O) groups excluding carboxylic acids is 2. The highest BCUT2D eigenvalue weighted by Crippen LogP contribution is 2.32. The minimum Gasteiger partial charge on any atom is -0.444 e. The van der Waals surface area contributed by atoms with Gasteiger partial charge in [-0.05, 0) is 12.1 Å². The standard InChI is InChI=1S/C19H18Cl2N2O6S/c20-14-11-15(21)16(30(26,27)23-6-8-28-9-7-23)10-13(14)19(25)29-17(18(22)24)12-4-2-1-3-5-12/h1-5,10-11,17H,6-9H2,(H2,22,24). The zero-order valence-corrected chi connectivity index (χ0v) is 17.9. The fraction of sp³-hybridized carbons (Fsp3) is 0.263. The van der Waals surface area contributed by atoms with Crippen molar-refractivity contribution in [2.45, 2.75) is 11.0 Å². The molecule has 0 bridgehead atoms. The molecule has 0 saturated carbocycles. The van der Waals surface area contributed by atoms with E-state index in [1.165, 1.54) is 4.31 Å². The molecule has 1 aliphatic rings. The van der Waals surface area contributed by atoms with Gasteiger partial charge in [-0.15, -0.1) is 0 Å². The average Bonchev–Trinajstić information content (AvgIpc) is 2.72. The number of esters is 1. The van der Waals surface area contributed by atoms with Crippen LogP contribution in [0.5, 0.6) is 0 Å². The largest absolute Gasteiger partial charge is 0.444 e. The molecule has 2 aromatic rings. The molecule has 1 aliphatic heterocycles. The molecule has 0 spiro atoms. The van der Waals surface area contributed by atoms with E-state index in [1.54, 1.807) is 30.3 Å². The summed E-state index contributed by atoms with van der Waals surface area (Å²) in [4.78, 5) is 24.3. The lowest BCUT2D eigenvalue weighted by Crippen LogP contribution is -2.40. The number of sulfonamides is 1. The van der Waals surface area contributed by atoms with Gasteiger partial charge >= 0.3 is 5.97 Å². The second-order valence-corrected chi connectivity index (χ2v) is 9.10. The highest BCUT2D eigenvalue weighted by molar-refractivity contribution is 7.89. The van der Waals surface area contributed by atoms with E-state index in [-0.39, 0.29) is 46.8 Å². The third-order valence-electron chi connectivity index (χ3n) is 4.41. The van der Waals surface area contributed by atoms with Crippen molar-refractivity contribution in [3.63, 3.8) is 0 Å². The number of morpholine rings is 1. The Kier molecular flexibility index (Phi) is 6.99. The van der Waals surface area contributed by atoms with Gasteiger partial charge in [0.25, 0.3) is 5.91 Å². The lowest BCUT2D eigenvalue weighted by molar-refractivity contribution is -0.127. The van der Waals surface area contributed by atoms with Crippen LogP contribution in [0, 0.1) is 0 Å². The summed E-state index contributed by atoms with van der Waals surface area (Å²) in [5, 5.41) is -0.264. The number of halogens is 2. The number of primary amides is 1. The Morgan fingerprint density at radius 3 is 2.30 bits per heavy atom. The van der Waals surface area contributed by atoms with E-state index in [2.05, 4.69) is 0 Å². The summed E-state index contributed by atoms with van der Waals surface area (Å²) in [6.45, 7) is 0.797. The number of carbonyl (C=O) groups is 2. The third-order valence-corrected chi connectivity index (χ3v) is 7.09. The van der Waals surface area contributed by atoms with Crippen LogP contribution >= 0.6 is 23.2 Å². The molecule has 2 aromatic carbocycles. The summed E-state index contributed by atoms with van der Waals surface area (Å²) in [5.74, 6) is -1.90. The van der Waals surface area contributed by atoms with E-state index < -0.39 is 28.0 Å². The van der Waals surface area contributed by atoms with Gasteiger partial charge in [0, 0.05) is 18.7 Å². The van der Waals surface area contributed by atoms with Crippen LogP contribution in [-0.2, 0) is 24.3 Å². The third kappa shape index (κ3) is 4.76. The van der Waals surface area contributed by atoms with E-state index in [0.717, 1.165) is 12.1 Å². The molecule has 1 unspecified atom stereocenters. The number of hydrogen-bond acceptors (Lipinski definition) is 6. The fourth-order valence-corrected chi connectivity index (χ4v) is 5.13. The highest BCUT2D eigenvalue weighted by Gasteiger charge is 2.31. The SMILES string of the molecule is NC(=O)C(OC(=O)c1cc(S(=O)(=O)N2CCOCC2)c(Cl)cc1Cl)c1ccccc1. The Bertz CT molecular complexity index is 1060. The number of nitrogens with two attached hydrogens (primary N) is 1. The van der Waals surface area contributed by atoms with Gasteiger partial charge in [0.2, 0.25) is 16.1 Å². The second kappa shape index (κ2) is 9.32. The maximum Gasteiger partial charge on any atom is 0.340 e. The van der Waals surface area contributed by atoms with E-state index in [9.17, 15) is 18.0 Å². The molecule has 1 atom stereocenters. The normalized spacial score (nSPS) is 16.1. The zero-order chi connectivity index (χ0) is 21.9. The van der Waals surface area contributed by atoms with Gasteiger partial charge in [-0.3, -0.25) is 4.79 Å². The van der Waals surface area contributed by atoms with Gasteiger partial charge in [0.05, 0.1) is 28.8 Å². The first-order valence-electron chi connectivity index (χ1n) is 8.84. The molecule has 0 aromatic heterocycles. The molecule has 11 heteroatoms. The fourth-order valence-electron chi connectivity index (χ4n) is 2.90. The van der Waals surface area contributed by atoms with Gasteiger partial charge < -0.3 is 15.2 Å². The highest BCUT2D eigenvalue weighted by atomic mass is 35.5. The number of rotatable bonds is 6. The summed E-state index contributed by atoms with van der Waals surface area (Å²) >= 11 is 12.2. The van der Waals surface area contributed by atoms with Crippen molar-refractivity contribution in [2.24, 2.45) is 5.73 Å². The maximum atomic E-state index is 13.0. The predicted octanol–water partition coefficient (Wildman–Crippen LogP) is 2.40. The van der Waals surface area contributed by atoms with Crippen molar-refractivity contribution in [1.82, 2.24) is 4.31 Å². The maximum absolute atomic E-state index is 13.0. The molecule has 3 rings (SSSR count).